The third-order valence-corrected chi connectivity index (χ3v) is 7.26. The molecule has 0 amide bonds. The van der Waals surface area contributed by atoms with E-state index in [-0.39, 0.29) is 17.8 Å². The van der Waals surface area contributed by atoms with Gasteiger partial charge in [0.05, 0.1) is 32.0 Å². The molecule has 7 heteroatoms. The largest absolute Gasteiger partial charge is 0.507 e. The number of hydrogen-bond donors (Lipinski definition) is 1. The molecule has 0 aromatic heterocycles. The fraction of sp³-hybridized carbons (Fsp3) is 0.280. The lowest BCUT2D eigenvalue weighted by atomic mass is 10.1. The van der Waals surface area contributed by atoms with Crippen molar-refractivity contribution >= 4 is 17.4 Å². The quantitative estimate of drug-likeness (QED) is 0.559. The Morgan fingerprint density at radius 1 is 1.03 bits per heavy atom. The first kappa shape index (κ1) is 20.7. The number of phenolic OH excluding ortho intramolecular Hbond substituents is 1. The molecule has 3 aromatic rings. The maximum absolute atomic E-state index is 10.5. The molecule has 0 radical (unpaired) electrons. The van der Waals surface area contributed by atoms with Gasteiger partial charge >= 0.3 is 0 Å². The maximum Gasteiger partial charge on any atom is 0.231 e. The average Bonchev–Trinajstić information content (AvgIpc) is 3.22. The zero-order chi connectivity index (χ0) is 22.1. The summed E-state index contributed by atoms with van der Waals surface area (Å²) < 4.78 is 22.1. The zero-order valence-corrected chi connectivity index (χ0v) is 18.9. The molecule has 1 N–H and O–H groups in total. The van der Waals surface area contributed by atoms with Gasteiger partial charge in [-0.05, 0) is 54.4 Å². The Morgan fingerprint density at radius 2 is 1.91 bits per heavy atom. The number of rotatable bonds is 5. The molecule has 0 fully saturated rings. The third-order valence-electron chi connectivity index (χ3n) is 5.88. The first-order valence-corrected chi connectivity index (χ1v) is 11.4. The number of ether oxygens (including phenoxy) is 4. The topological polar surface area (TPSA) is 60.4 Å². The molecule has 5 rings (SSSR count). The van der Waals surface area contributed by atoms with Gasteiger partial charge in [-0.2, -0.15) is 0 Å². The predicted molar refractivity (Wildman–Crippen MR) is 124 cm³/mol. The van der Waals surface area contributed by atoms with Crippen molar-refractivity contribution in [2.24, 2.45) is 0 Å². The summed E-state index contributed by atoms with van der Waals surface area (Å²) in [7, 11) is 3.31. The molecule has 0 saturated heterocycles. The van der Waals surface area contributed by atoms with E-state index in [0.717, 1.165) is 46.4 Å². The summed E-state index contributed by atoms with van der Waals surface area (Å²) in [5.41, 5.74) is 3.10. The first-order valence-electron chi connectivity index (χ1n) is 10.5. The molecule has 2 aliphatic heterocycles. The number of nitrogens with zero attached hydrogens (tertiary/aromatic N) is 1. The molecule has 166 valence electrons. The number of methoxy groups -OCH3 is 2. The SMILES string of the molecule is COc1ccc2c(c1)S[C@H](c1ccc3c(c1)OCO3)CCN2Cc1c(O)cccc1OC. The van der Waals surface area contributed by atoms with Gasteiger partial charge in [0.2, 0.25) is 6.79 Å². The van der Waals surface area contributed by atoms with E-state index in [0.29, 0.717) is 12.3 Å². The van der Waals surface area contributed by atoms with Crippen LogP contribution in [0.5, 0.6) is 28.7 Å². The molecule has 0 aliphatic carbocycles. The molecule has 1 atom stereocenters. The molecule has 2 aliphatic rings. The van der Waals surface area contributed by atoms with Crippen LogP contribution >= 0.6 is 11.8 Å². The van der Waals surface area contributed by atoms with Crippen LogP contribution in [0.1, 0.15) is 22.8 Å². The highest BCUT2D eigenvalue weighted by molar-refractivity contribution is 7.99. The highest BCUT2D eigenvalue weighted by atomic mass is 32.2. The van der Waals surface area contributed by atoms with Gasteiger partial charge in [0.25, 0.3) is 0 Å². The van der Waals surface area contributed by atoms with Crippen molar-refractivity contribution in [2.45, 2.75) is 23.1 Å². The van der Waals surface area contributed by atoms with Gasteiger partial charge in [0.1, 0.15) is 17.2 Å². The van der Waals surface area contributed by atoms with Gasteiger partial charge in [0, 0.05) is 16.7 Å². The number of aromatic hydroxyl groups is 1. The summed E-state index contributed by atoms with van der Waals surface area (Å²) in [5, 5.41) is 10.8. The lowest BCUT2D eigenvalue weighted by Crippen LogP contribution is -2.24. The van der Waals surface area contributed by atoms with Crippen LogP contribution in [0, 0.1) is 0 Å². The number of benzene rings is 3. The summed E-state index contributed by atoms with van der Waals surface area (Å²) in [6.07, 6.45) is 0.928. The molecular formula is C25H25NO5S. The zero-order valence-electron chi connectivity index (χ0n) is 18.0. The van der Waals surface area contributed by atoms with E-state index >= 15 is 0 Å². The summed E-state index contributed by atoms with van der Waals surface area (Å²) in [4.78, 5) is 3.44. The Labute approximate surface area is 191 Å². The minimum absolute atomic E-state index is 0.239. The monoisotopic (exact) mass is 451 g/mol. The van der Waals surface area contributed by atoms with Crippen LogP contribution in [-0.2, 0) is 6.54 Å². The Hall–Kier alpha value is -3.19. The van der Waals surface area contributed by atoms with E-state index in [1.807, 2.05) is 30.0 Å². The number of phenols is 1. The van der Waals surface area contributed by atoms with Gasteiger partial charge < -0.3 is 29.0 Å². The van der Waals surface area contributed by atoms with Crippen molar-refractivity contribution in [2.75, 3.05) is 32.5 Å². The van der Waals surface area contributed by atoms with Gasteiger partial charge in [-0.15, -0.1) is 11.8 Å². The van der Waals surface area contributed by atoms with Crippen molar-refractivity contribution in [3.8, 4) is 28.7 Å². The van der Waals surface area contributed by atoms with Gasteiger partial charge in [-0.1, -0.05) is 12.1 Å². The number of fused-ring (bicyclic) bond motifs is 2. The minimum Gasteiger partial charge on any atom is -0.507 e. The van der Waals surface area contributed by atoms with Crippen LogP contribution in [0.3, 0.4) is 0 Å². The minimum atomic E-state index is 0.239. The van der Waals surface area contributed by atoms with Crippen molar-refractivity contribution in [1.82, 2.24) is 0 Å². The van der Waals surface area contributed by atoms with E-state index in [2.05, 4.69) is 29.2 Å². The van der Waals surface area contributed by atoms with Crippen LogP contribution in [0.25, 0.3) is 0 Å². The summed E-state index contributed by atoms with van der Waals surface area (Å²) in [6, 6.07) is 17.7. The Kier molecular flexibility index (Phi) is 5.66. The number of anilines is 1. The van der Waals surface area contributed by atoms with Gasteiger partial charge in [-0.25, -0.2) is 0 Å². The normalized spacial score (nSPS) is 16.9. The number of hydrogen-bond acceptors (Lipinski definition) is 7. The molecule has 2 heterocycles. The van der Waals surface area contributed by atoms with E-state index < -0.39 is 0 Å². The second-order valence-electron chi connectivity index (χ2n) is 7.72. The number of thioether (sulfide) groups is 1. The van der Waals surface area contributed by atoms with Crippen molar-refractivity contribution in [3.05, 3.63) is 65.7 Å². The molecular weight excluding hydrogens is 426 g/mol. The Bertz CT molecular complexity index is 1140. The fourth-order valence-electron chi connectivity index (χ4n) is 4.19. The van der Waals surface area contributed by atoms with Crippen molar-refractivity contribution < 1.29 is 24.1 Å². The van der Waals surface area contributed by atoms with Crippen molar-refractivity contribution in [3.63, 3.8) is 0 Å². The van der Waals surface area contributed by atoms with E-state index in [4.69, 9.17) is 18.9 Å². The Balaban J connectivity index is 1.50. The van der Waals surface area contributed by atoms with Gasteiger partial charge in [-0.3, -0.25) is 0 Å². The van der Waals surface area contributed by atoms with Crippen LogP contribution in [-0.4, -0.2) is 32.7 Å². The smallest absolute Gasteiger partial charge is 0.231 e. The molecule has 0 unspecified atom stereocenters. The lowest BCUT2D eigenvalue weighted by molar-refractivity contribution is 0.174. The summed E-state index contributed by atoms with van der Waals surface area (Å²) in [6.45, 7) is 1.64. The van der Waals surface area contributed by atoms with Crippen LogP contribution in [0.15, 0.2) is 59.5 Å². The molecule has 32 heavy (non-hydrogen) atoms. The average molecular weight is 452 g/mol. The fourth-order valence-corrected chi connectivity index (χ4v) is 5.50. The lowest BCUT2D eigenvalue weighted by Gasteiger charge is -2.26. The van der Waals surface area contributed by atoms with Crippen LogP contribution in [0.4, 0.5) is 5.69 Å². The summed E-state index contributed by atoms with van der Waals surface area (Å²) >= 11 is 1.82. The van der Waals surface area contributed by atoms with E-state index in [9.17, 15) is 5.11 Å². The highest BCUT2D eigenvalue weighted by Gasteiger charge is 2.27. The predicted octanol–water partition coefficient (Wildman–Crippen LogP) is 5.38. The second-order valence-corrected chi connectivity index (χ2v) is 8.97. The van der Waals surface area contributed by atoms with E-state index in [1.54, 1.807) is 26.4 Å². The standard InChI is InChI=1S/C25H25NO5S/c1-28-17-7-8-19-25(13-17)32-24(16-6-9-22-23(12-16)31-15-30-22)10-11-26(19)14-18-20(27)4-3-5-21(18)29-2/h3-9,12-13,24,27H,10-11,14-15H2,1-2H3/t24-/m0/s1. The van der Waals surface area contributed by atoms with Crippen molar-refractivity contribution in [1.29, 1.82) is 0 Å². The highest BCUT2D eigenvalue weighted by Crippen LogP contribution is 2.48. The molecule has 0 spiro atoms. The van der Waals surface area contributed by atoms with Gasteiger partial charge in [0.15, 0.2) is 11.5 Å². The molecule has 0 bridgehead atoms. The van der Waals surface area contributed by atoms with Crippen LogP contribution < -0.4 is 23.8 Å². The second kappa shape index (κ2) is 8.74. The third kappa shape index (κ3) is 3.88. The molecule has 3 aromatic carbocycles. The maximum atomic E-state index is 10.5. The van der Waals surface area contributed by atoms with E-state index in [1.165, 1.54) is 5.56 Å². The summed E-state index contributed by atoms with van der Waals surface area (Å²) in [5.74, 6) is 3.34. The Morgan fingerprint density at radius 3 is 2.75 bits per heavy atom. The van der Waals surface area contributed by atoms with Crippen LogP contribution in [0.2, 0.25) is 0 Å². The molecule has 0 saturated carbocycles. The molecule has 6 nitrogen and oxygen atoms in total. The first-order chi connectivity index (χ1) is 15.7.